The topological polar surface area (TPSA) is 65.1 Å². The molecule has 5 heteroatoms. The number of aromatic nitrogens is 1. The van der Waals surface area contributed by atoms with Gasteiger partial charge in [-0.1, -0.05) is 18.2 Å². The van der Waals surface area contributed by atoms with E-state index in [0.717, 1.165) is 5.39 Å². The van der Waals surface area contributed by atoms with Gasteiger partial charge in [-0.3, -0.25) is 13.6 Å². The second-order valence-corrected chi connectivity index (χ2v) is 5.45. The number of nitrogens with two attached hydrogens (primary N) is 1. The molecule has 0 aliphatic heterocycles. The lowest BCUT2D eigenvalue weighted by Gasteiger charge is -2.10. The third-order valence-electron chi connectivity index (χ3n) is 2.65. The van der Waals surface area contributed by atoms with Gasteiger partial charge in [0.15, 0.2) is 0 Å². The number of rotatable bonds is 3. The summed E-state index contributed by atoms with van der Waals surface area (Å²) in [5.41, 5.74) is 5.72. The highest BCUT2D eigenvalue weighted by Crippen LogP contribution is 2.12. The molecule has 0 fully saturated rings. The van der Waals surface area contributed by atoms with Crippen molar-refractivity contribution in [2.24, 2.45) is 0 Å². The second kappa shape index (κ2) is 4.71. The minimum atomic E-state index is -0.932. The normalized spacial score (nSPS) is 12.8. The number of anilines is 1. The molecule has 2 rings (SSSR count). The number of nitrogens with zero attached hydrogens (tertiary/aromatic N) is 1. The van der Waals surface area contributed by atoms with Crippen LogP contribution in [0.4, 0.5) is 5.82 Å². The third-order valence-corrected chi connectivity index (χ3v) is 3.41. The Labute approximate surface area is 102 Å². The van der Waals surface area contributed by atoms with E-state index in [1.54, 1.807) is 18.4 Å². The summed E-state index contributed by atoms with van der Waals surface area (Å²) in [5.74, 6) is 0.849. The Bertz CT molecular complexity index is 634. The van der Waals surface area contributed by atoms with Crippen LogP contribution in [0.25, 0.3) is 10.8 Å². The van der Waals surface area contributed by atoms with E-state index in [0.29, 0.717) is 23.5 Å². The number of hydrogen-bond acceptors (Lipinski definition) is 3. The lowest BCUT2D eigenvalue weighted by molar-refractivity contribution is 0.676. The van der Waals surface area contributed by atoms with Gasteiger partial charge in [-0.05, 0) is 17.5 Å². The molecular formula is C12H14N2O2S. The second-order valence-electron chi connectivity index (χ2n) is 3.89. The molecule has 2 N–H and O–H groups in total. The lowest BCUT2D eigenvalue weighted by atomic mass is 10.1. The van der Waals surface area contributed by atoms with Gasteiger partial charge in [-0.25, -0.2) is 0 Å². The van der Waals surface area contributed by atoms with E-state index < -0.39 is 10.8 Å². The number of fused-ring (bicyclic) bond motifs is 1. The molecule has 1 aromatic carbocycles. The van der Waals surface area contributed by atoms with Gasteiger partial charge in [0, 0.05) is 34.7 Å². The largest absolute Gasteiger partial charge is 0.385 e. The predicted octanol–water partition coefficient (Wildman–Crippen LogP) is 0.962. The van der Waals surface area contributed by atoms with Crippen LogP contribution >= 0.6 is 0 Å². The average molecular weight is 250 g/mol. The van der Waals surface area contributed by atoms with E-state index >= 15 is 0 Å². The van der Waals surface area contributed by atoms with E-state index in [4.69, 9.17) is 5.73 Å². The molecule has 1 unspecified atom stereocenters. The zero-order valence-corrected chi connectivity index (χ0v) is 10.4. The smallest absolute Gasteiger partial charge is 0.260 e. The van der Waals surface area contributed by atoms with Crippen LogP contribution in [0.3, 0.4) is 0 Å². The van der Waals surface area contributed by atoms with Crippen LogP contribution in [-0.4, -0.2) is 20.8 Å². The fourth-order valence-electron chi connectivity index (χ4n) is 1.77. The van der Waals surface area contributed by atoms with E-state index in [9.17, 15) is 9.00 Å². The molecule has 0 saturated heterocycles. The molecule has 0 aliphatic rings. The van der Waals surface area contributed by atoms with Crippen LogP contribution < -0.4 is 11.3 Å². The first kappa shape index (κ1) is 11.9. The summed E-state index contributed by atoms with van der Waals surface area (Å²) in [6.07, 6.45) is 1.61. The van der Waals surface area contributed by atoms with E-state index in [1.165, 1.54) is 4.57 Å². The van der Waals surface area contributed by atoms with Gasteiger partial charge in [0.05, 0.1) is 0 Å². The van der Waals surface area contributed by atoms with Crippen molar-refractivity contribution in [3.05, 3.63) is 40.7 Å². The Balaban J connectivity index is 2.56. The van der Waals surface area contributed by atoms with Crippen LogP contribution in [0.5, 0.6) is 0 Å². The van der Waals surface area contributed by atoms with Crippen molar-refractivity contribution < 1.29 is 4.21 Å². The van der Waals surface area contributed by atoms with Gasteiger partial charge >= 0.3 is 0 Å². The summed E-state index contributed by atoms with van der Waals surface area (Å²) in [7, 11) is -0.932. The third kappa shape index (κ3) is 2.39. The van der Waals surface area contributed by atoms with Crippen LogP contribution in [0.15, 0.2) is 35.1 Å². The van der Waals surface area contributed by atoms with Gasteiger partial charge in [0.1, 0.15) is 5.82 Å². The van der Waals surface area contributed by atoms with Gasteiger partial charge < -0.3 is 5.73 Å². The van der Waals surface area contributed by atoms with E-state index in [-0.39, 0.29) is 5.56 Å². The quantitative estimate of drug-likeness (QED) is 0.882. The molecule has 0 amide bonds. The monoisotopic (exact) mass is 250 g/mol. The number of benzene rings is 1. The molecule has 1 atom stereocenters. The molecule has 1 aromatic heterocycles. The molecule has 0 saturated carbocycles. The molecule has 1 heterocycles. The average Bonchev–Trinajstić information content (AvgIpc) is 2.28. The Kier molecular flexibility index (Phi) is 3.28. The minimum absolute atomic E-state index is 0.119. The first-order valence-electron chi connectivity index (χ1n) is 5.27. The summed E-state index contributed by atoms with van der Waals surface area (Å²) >= 11 is 0. The van der Waals surface area contributed by atoms with Gasteiger partial charge in [-0.15, -0.1) is 0 Å². The maximum absolute atomic E-state index is 12.1. The summed E-state index contributed by atoms with van der Waals surface area (Å²) < 4.78 is 12.5. The Morgan fingerprint density at radius 1 is 1.35 bits per heavy atom. The van der Waals surface area contributed by atoms with E-state index in [2.05, 4.69) is 0 Å². The maximum Gasteiger partial charge on any atom is 0.260 e. The maximum atomic E-state index is 12.1. The molecule has 0 spiro atoms. The van der Waals surface area contributed by atoms with Crippen LogP contribution in [0.2, 0.25) is 0 Å². The Morgan fingerprint density at radius 2 is 2.06 bits per heavy atom. The van der Waals surface area contributed by atoms with Crippen molar-refractivity contribution in [1.29, 1.82) is 0 Å². The summed E-state index contributed by atoms with van der Waals surface area (Å²) in [6, 6.07) is 9.09. The molecule has 2 aromatic rings. The molecule has 0 bridgehead atoms. The van der Waals surface area contributed by atoms with Crippen LogP contribution in [0, 0.1) is 0 Å². The van der Waals surface area contributed by atoms with Crippen LogP contribution in [0.1, 0.15) is 0 Å². The highest BCUT2D eigenvalue weighted by atomic mass is 32.2. The summed E-state index contributed by atoms with van der Waals surface area (Å²) in [4.78, 5) is 12.1. The highest BCUT2D eigenvalue weighted by Gasteiger charge is 2.06. The van der Waals surface area contributed by atoms with Crippen molar-refractivity contribution in [2.45, 2.75) is 6.54 Å². The summed E-state index contributed by atoms with van der Waals surface area (Å²) in [6.45, 7) is 0.388. The zero-order chi connectivity index (χ0) is 12.4. The van der Waals surface area contributed by atoms with Gasteiger partial charge in [-0.2, -0.15) is 0 Å². The fourth-order valence-corrected chi connectivity index (χ4v) is 2.21. The Hall–Kier alpha value is -1.62. The molecule has 4 nitrogen and oxygen atoms in total. The van der Waals surface area contributed by atoms with Crippen molar-refractivity contribution in [3.8, 4) is 0 Å². The van der Waals surface area contributed by atoms with Crippen molar-refractivity contribution in [2.75, 3.05) is 17.7 Å². The Morgan fingerprint density at radius 3 is 2.76 bits per heavy atom. The molecular weight excluding hydrogens is 236 g/mol. The lowest BCUT2D eigenvalue weighted by Crippen LogP contribution is -2.25. The minimum Gasteiger partial charge on any atom is -0.385 e. The van der Waals surface area contributed by atoms with Crippen molar-refractivity contribution in [1.82, 2.24) is 4.57 Å². The zero-order valence-electron chi connectivity index (χ0n) is 9.55. The van der Waals surface area contributed by atoms with Crippen molar-refractivity contribution >= 4 is 27.4 Å². The fraction of sp³-hybridized carbons (Fsp3) is 0.250. The predicted molar refractivity (Wildman–Crippen MR) is 71.6 cm³/mol. The number of nitrogen functional groups attached to an aromatic ring is 1. The van der Waals surface area contributed by atoms with Gasteiger partial charge in [0.2, 0.25) is 0 Å². The SMILES string of the molecule is CS(=O)CCn1c(N)cc2ccccc2c1=O. The van der Waals surface area contributed by atoms with Crippen molar-refractivity contribution in [3.63, 3.8) is 0 Å². The molecule has 17 heavy (non-hydrogen) atoms. The van der Waals surface area contributed by atoms with Crippen LogP contribution in [-0.2, 0) is 17.3 Å². The molecule has 0 aliphatic carbocycles. The van der Waals surface area contributed by atoms with E-state index in [1.807, 2.05) is 18.2 Å². The standard InChI is InChI=1S/C12H14N2O2S/c1-17(16)7-6-14-11(13)8-9-4-2-3-5-10(9)12(14)15/h2-5,8H,6-7,13H2,1H3. The summed E-state index contributed by atoms with van der Waals surface area (Å²) in [5, 5.41) is 1.48. The highest BCUT2D eigenvalue weighted by molar-refractivity contribution is 7.84. The number of hydrogen-bond donors (Lipinski definition) is 1. The van der Waals surface area contributed by atoms with Gasteiger partial charge in [0.25, 0.3) is 5.56 Å². The molecule has 0 radical (unpaired) electrons. The first-order valence-corrected chi connectivity index (χ1v) is 7.00. The molecule has 90 valence electrons. The first-order chi connectivity index (χ1) is 8.09. The number of pyridine rings is 1.